The van der Waals surface area contributed by atoms with Gasteiger partial charge in [0.25, 0.3) is 0 Å². The van der Waals surface area contributed by atoms with Gasteiger partial charge in [-0.25, -0.2) is 22.2 Å². The maximum absolute atomic E-state index is 14.8. The summed E-state index contributed by atoms with van der Waals surface area (Å²) in [5, 5.41) is 15.2. The first-order valence-corrected chi connectivity index (χ1v) is 13.2. The highest BCUT2D eigenvalue weighted by Crippen LogP contribution is 2.38. The number of hydrogen-bond donors (Lipinski definition) is 1. The molecule has 0 saturated carbocycles. The minimum atomic E-state index is -3.11. The van der Waals surface area contributed by atoms with Gasteiger partial charge >= 0.3 is 0 Å². The fourth-order valence-corrected chi connectivity index (χ4v) is 6.63. The summed E-state index contributed by atoms with van der Waals surface area (Å²) in [5.74, 6) is -1.27. The largest absolute Gasteiger partial charge is 0.444 e. The SMILES string of the molecule is CC(F)Oc1cc(-c2nn([C@H](C)C(C)(C)O)c3cc(C(=O)CC4(C)CS(=O)(=O)C4)cnc23)c(F)cn1. The van der Waals surface area contributed by atoms with Crippen molar-refractivity contribution < 1.29 is 31.8 Å². The van der Waals surface area contributed by atoms with Crippen LogP contribution < -0.4 is 4.74 Å². The number of nitrogens with zero attached hydrogens (tertiary/aromatic N) is 4. The molecule has 0 aliphatic carbocycles. The Morgan fingerprint density at radius 1 is 1.25 bits per heavy atom. The lowest BCUT2D eigenvalue weighted by Gasteiger charge is -2.37. The smallest absolute Gasteiger partial charge is 0.237 e. The van der Waals surface area contributed by atoms with Crippen LogP contribution in [0.4, 0.5) is 8.78 Å². The Kier molecular flexibility index (Phi) is 6.40. The van der Waals surface area contributed by atoms with E-state index >= 15 is 0 Å². The van der Waals surface area contributed by atoms with E-state index in [0.29, 0.717) is 5.52 Å². The Morgan fingerprint density at radius 2 is 1.92 bits per heavy atom. The standard InChI is InChI=1S/C24H28F2N4O5S/c1-13(23(3,4)32)30-18-6-15(19(31)8-24(5)11-36(33,34)12-24)9-28-22(18)21(29-30)16-7-20(35-14(2)25)27-10-17(16)26/h6-7,9-10,13-14,32H,8,11-12H2,1-5H3/t13-,14?/m1/s1. The number of aliphatic hydroxyl groups is 1. The molecule has 194 valence electrons. The molecular weight excluding hydrogens is 494 g/mol. The average Bonchev–Trinajstić information content (AvgIpc) is 3.10. The maximum atomic E-state index is 14.8. The van der Waals surface area contributed by atoms with Crippen LogP contribution >= 0.6 is 0 Å². The van der Waals surface area contributed by atoms with Crippen LogP contribution in [0.25, 0.3) is 22.3 Å². The van der Waals surface area contributed by atoms with Gasteiger partial charge in [-0.1, -0.05) is 6.92 Å². The minimum absolute atomic E-state index is 0.0303. The number of ketones is 1. The molecule has 3 aromatic rings. The van der Waals surface area contributed by atoms with Crippen molar-refractivity contribution >= 4 is 26.7 Å². The van der Waals surface area contributed by atoms with Gasteiger partial charge in [0, 0.05) is 42.1 Å². The molecule has 12 heteroatoms. The highest BCUT2D eigenvalue weighted by atomic mass is 32.2. The van der Waals surface area contributed by atoms with Crippen molar-refractivity contribution in [3.8, 4) is 17.1 Å². The predicted octanol–water partition coefficient (Wildman–Crippen LogP) is 3.67. The van der Waals surface area contributed by atoms with Crippen molar-refractivity contribution in [3.63, 3.8) is 0 Å². The Hall–Kier alpha value is -2.99. The van der Waals surface area contributed by atoms with E-state index in [1.54, 1.807) is 33.8 Å². The van der Waals surface area contributed by atoms with Crippen LogP contribution in [-0.2, 0) is 9.84 Å². The minimum Gasteiger partial charge on any atom is -0.444 e. The van der Waals surface area contributed by atoms with Crippen molar-refractivity contribution in [1.29, 1.82) is 0 Å². The van der Waals surface area contributed by atoms with Crippen LogP contribution in [-0.4, -0.2) is 62.5 Å². The molecule has 1 unspecified atom stereocenters. The molecule has 4 rings (SSSR count). The first-order valence-electron chi connectivity index (χ1n) is 11.4. The van der Waals surface area contributed by atoms with Gasteiger partial charge in [0.1, 0.15) is 11.2 Å². The molecule has 0 spiro atoms. The van der Waals surface area contributed by atoms with Crippen LogP contribution in [0.1, 0.15) is 57.4 Å². The molecule has 4 heterocycles. The highest BCUT2D eigenvalue weighted by Gasteiger charge is 2.45. The number of rotatable bonds is 8. The molecule has 9 nitrogen and oxygen atoms in total. The summed E-state index contributed by atoms with van der Waals surface area (Å²) in [6, 6.07) is 2.16. The zero-order chi connectivity index (χ0) is 26.6. The second-order valence-electron chi connectivity index (χ2n) is 10.3. The number of carbonyl (C=O) groups excluding carboxylic acids is 1. The van der Waals surface area contributed by atoms with Crippen LogP contribution in [0.15, 0.2) is 24.5 Å². The number of sulfone groups is 1. The summed E-state index contributed by atoms with van der Waals surface area (Å²) in [6.07, 6.45) is 0.594. The second-order valence-corrected chi connectivity index (χ2v) is 12.4. The number of alkyl halides is 1. The third kappa shape index (κ3) is 5.10. The molecule has 1 fully saturated rings. The number of aromatic nitrogens is 4. The van der Waals surface area contributed by atoms with Crippen molar-refractivity contribution in [1.82, 2.24) is 19.7 Å². The van der Waals surface area contributed by atoms with Crippen molar-refractivity contribution in [2.75, 3.05) is 11.5 Å². The third-order valence-electron chi connectivity index (χ3n) is 6.35. The van der Waals surface area contributed by atoms with E-state index in [1.165, 1.54) is 23.9 Å². The van der Waals surface area contributed by atoms with Crippen LogP contribution in [0, 0.1) is 11.2 Å². The molecule has 0 radical (unpaired) electrons. The molecule has 0 bridgehead atoms. The molecule has 0 amide bonds. The van der Waals surface area contributed by atoms with Crippen LogP contribution in [0.2, 0.25) is 0 Å². The van der Waals surface area contributed by atoms with Crippen molar-refractivity contribution in [2.45, 2.75) is 59.0 Å². The first-order chi connectivity index (χ1) is 16.6. The van der Waals surface area contributed by atoms with Gasteiger partial charge in [-0.15, -0.1) is 0 Å². The fraction of sp³-hybridized carbons (Fsp3) is 0.500. The van der Waals surface area contributed by atoms with Crippen molar-refractivity contribution in [2.24, 2.45) is 5.41 Å². The number of carbonyl (C=O) groups is 1. The van der Waals surface area contributed by atoms with E-state index in [2.05, 4.69) is 15.1 Å². The Balaban J connectivity index is 1.82. The molecule has 2 atom stereocenters. The van der Waals surface area contributed by atoms with Gasteiger partial charge in [-0.05, 0) is 26.8 Å². The van der Waals surface area contributed by atoms with E-state index in [1.807, 2.05) is 0 Å². The van der Waals surface area contributed by atoms with Gasteiger partial charge in [0.15, 0.2) is 21.4 Å². The van der Waals surface area contributed by atoms with Gasteiger partial charge in [0.05, 0.1) is 34.9 Å². The fourth-order valence-electron chi connectivity index (χ4n) is 4.39. The van der Waals surface area contributed by atoms with E-state index in [-0.39, 0.29) is 51.9 Å². The van der Waals surface area contributed by atoms with E-state index in [0.717, 1.165) is 6.20 Å². The summed E-state index contributed by atoms with van der Waals surface area (Å²) in [7, 11) is -3.11. The number of fused-ring (bicyclic) bond motifs is 1. The van der Waals surface area contributed by atoms with Gasteiger partial charge in [-0.3, -0.25) is 14.5 Å². The normalized spacial score (nSPS) is 18.4. The lowest BCUT2D eigenvalue weighted by Crippen LogP contribution is -2.47. The summed E-state index contributed by atoms with van der Waals surface area (Å²) >= 11 is 0. The number of ether oxygens (including phenoxy) is 1. The summed E-state index contributed by atoms with van der Waals surface area (Å²) in [5.41, 5.74) is -0.938. The zero-order valence-electron chi connectivity index (χ0n) is 20.6. The number of Topliss-reactive ketones (excluding diaryl/α,β-unsaturated/α-hetero) is 1. The monoisotopic (exact) mass is 522 g/mol. The number of hydrogen-bond acceptors (Lipinski definition) is 8. The molecule has 3 aromatic heterocycles. The Bertz CT molecular complexity index is 1430. The Labute approximate surface area is 207 Å². The highest BCUT2D eigenvalue weighted by molar-refractivity contribution is 7.92. The molecule has 1 saturated heterocycles. The van der Waals surface area contributed by atoms with Crippen LogP contribution in [0.3, 0.4) is 0 Å². The van der Waals surface area contributed by atoms with Gasteiger partial charge in [-0.2, -0.15) is 5.10 Å². The molecular formula is C24H28F2N4O5S. The average molecular weight is 523 g/mol. The summed E-state index contributed by atoms with van der Waals surface area (Å²) < 4.78 is 57.8. The van der Waals surface area contributed by atoms with E-state index in [4.69, 9.17) is 4.74 Å². The summed E-state index contributed by atoms with van der Waals surface area (Å²) in [6.45, 7) is 7.81. The molecule has 1 aliphatic rings. The Morgan fingerprint density at radius 3 is 2.50 bits per heavy atom. The van der Waals surface area contributed by atoms with E-state index < -0.39 is 39.1 Å². The molecule has 1 aliphatic heterocycles. The summed E-state index contributed by atoms with van der Waals surface area (Å²) in [4.78, 5) is 21.2. The van der Waals surface area contributed by atoms with Gasteiger partial charge in [0.2, 0.25) is 12.2 Å². The lowest BCUT2D eigenvalue weighted by atomic mass is 9.86. The zero-order valence-corrected chi connectivity index (χ0v) is 21.4. The molecule has 0 aromatic carbocycles. The van der Waals surface area contributed by atoms with Crippen molar-refractivity contribution in [3.05, 3.63) is 35.9 Å². The third-order valence-corrected chi connectivity index (χ3v) is 8.62. The molecule has 1 N–H and O–H groups in total. The topological polar surface area (TPSA) is 124 Å². The molecule has 36 heavy (non-hydrogen) atoms. The number of halogens is 2. The maximum Gasteiger partial charge on any atom is 0.237 e. The second kappa shape index (κ2) is 8.84. The van der Waals surface area contributed by atoms with E-state index in [9.17, 15) is 27.1 Å². The van der Waals surface area contributed by atoms with Crippen LogP contribution in [0.5, 0.6) is 5.88 Å². The first kappa shape index (κ1) is 26.1. The quantitative estimate of drug-likeness (QED) is 0.445. The number of pyridine rings is 2. The predicted molar refractivity (Wildman–Crippen MR) is 129 cm³/mol. The lowest BCUT2D eigenvalue weighted by molar-refractivity contribution is 0.0276. The van der Waals surface area contributed by atoms with Gasteiger partial charge < -0.3 is 9.84 Å².